The Morgan fingerprint density at radius 3 is 2.52 bits per heavy atom. The molecule has 2 aromatic rings. The second kappa shape index (κ2) is 9.81. The summed E-state index contributed by atoms with van der Waals surface area (Å²) >= 11 is 0. The van der Waals surface area contributed by atoms with Crippen molar-refractivity contribution < 1.29 is 23.8 Å². The first-order chi connectivity index (χ1) is 13.1. The van der Waals surface area contributed by atoms with E-state index in [0.29, 0.717) is 35.1 Å². The van der Waals surface area contributed by atoms with Gasteiger partial charge in [0.2, 0.25) is 0 Å². The van der Waals surface area contributed by atoms with Crippen molar-refractivity contribution >= 4 is 23.7 Å². The standard InChI is InChI=1S/C19H21N3O5/c1-4-27-16-8-6-5-7-15(16)21-18(23)19(24)22-20-12-13-9-10-14(25-2)11-17(13)26-3/h5-12H,4H2,1-3H3,(H,21,23)(H,22,24)/b20-12-. The zero-order valence-electron chi connectivity index (χ0n) is 15.3. The molecule has 27 heavy (non-hydrogen) atoms. The molecule has 0 radical (unpaired) electrons. The van der Waals surface area contributed by atoms with Crippen LogP contribution < -0.4 is 25.0 Å². The Hall–Kier alpha value is -3.55. The van der Waals surface area contributed by atoms with Gasteiger partial charge in [-0.1, -0.05) is 12.1 Å². The number of carbonyl (C=O) groups is 2. The number of anilines is 1. The van der Waals surface area contributed by atoms with Crippen LogP contribution in [0.25, 0.3) is 0 Å². The molecule has 0 bridgehead atoms. The van der Waals surface area contributed by atoms with Gasteiger partial charge in [-0.05, 0) is 31.2 Å². The molecule has 142 valence electrons. The van der Waals surface area contributed by atoms with Gasteiger partial charge in [0.25, 0.3) is 0 Å². The fraction of sp³-hybridized carbons (Fsp3) is 0.211. The Morgan fingerprint density at radius 2 is 1.81 bits per heavy atom. The van der Waals surface area contributed by atoms with Gasteiger partial charge in [-0.15, -0.1) is 0 Å². The van der Waals surface area contributed by atoms with Crippen LogP contribution in [-0.2, 0) is 9.59 Å². The van der Waals surface area contributed by atoms with Crippen molar-refractivity contribution in [2.24, 2.45) is 5.10 Å². The molecule has 0 aromatic heterocycles. The molecule has 0 atom stereocenters. The highest BCUT2D eigenvalue weighted by molar-refractivity contribution is 6.39. The summed E-state index contributed by atoms with van der Waals surface area (Å²) in [5.74, 6) is -0.151. The van der Waals surface area contributed by atoms with Gasteiger partial charge in [0.1, 0.15) is 17.2 Å². The van der Waals surface area contributed by atoms with E-state index >= 15 is 0 Å². The third kappa shape index (κ3) is 5.46. The summed E-state index contributed by atoms with van der Waals surface area (Å²) in [6, 6.07) is 12.0. The fourth-order valence-electron chi connectivity index (χ4n) is 2.17. The van der Waals surface area contributed by atoms with Crippen molar-refractivity contribution in [3.05, 3.63) is 48.0 Å². The maximum atomic E-state index is 12.0. The lowest BCUT2D eigenvalue weighted by Crippen LogP contribution is -2.32. The normalized spacial score (nSPS) is 10.3. The highest BCUT2D eigenvalue weighted by Gasteiger charge is 2.15. The minimum Gasteiger partial charge on any atom is -0.497 e. The number of hydrogen-bond acceptors (Lipinski definition) is 6. The first-order valence-corrected chi connectivity index (χ1v) is 8.17. The van der Waals surface area contributed by atoms with Crippen molar-refractivity contribution in [1.29, 1.82) is 0 Å². The molecular formula is C19H21N3O5. The SMILES string of the molecule is CCOc1ccccc1NC(=O)C(=O)N/N=C\c1ccc(OC)cc1OC. The average molecular weight is 371 g/mol. The Labute approximate surface area is 157 Å². The largest absolute Gasteiger partial charge is 0.497 e. The summed E-state index contributed by atoms with van der Waals surface area (Å²) in [6.45, 7) is 2.26. The number of methoxy groups -OCH3 is 2. The van der Waals surface area contributed by atoms with Crippen molar-refractivity contribution in [3.8, 4) is 17.2 Å². The lowest BCUT2D eigenvalue weighted by Gasteiger charge is -2.10. The number of ether oxygens (including phenoxy) is 3. The van der Waals surface area contributed by atoms with Crippen LogP contribution >= 0.6 is 0 Å². The van der Waals surface area contributed by atoms with E-state index in [1.54, 1.807) is 49.6 Å². The van der Waals surface area contributed by atoms with E-state index in [2.05, 4.69) is 15.8 Å². The molecule has 0 aliphatic heterocycles. The smallest absolute Gasteiger partial charge is 0.329 e. The molecular weight excluding hydrogens is 350 g/mol. The number of hydrogen-bond donors (Lipinski definition) is 2. The van der Waals surface area contributed by atoms with E-state index in [4.69, 9.17) is 14.2 Å². The van der Waals surface area contributed by atoms with E-state index in [9.17, 15) is 9.59 Å². The Balaban J connectivity index is 1.99. The number of amides is 2. The molecule has 2 N–H and O–H groups in total. The number of carbonyl (C=O) groups excluding carboxylic acids is 2. The van der Waals surface area contributed by atoms with Crippen LogP contribution in [0.1, 0.15) is 12.5 Å². The number of hydrazone groups is 1. The second-order valence-corrected chi connectivity index (χ2v) is 5.19. The molecule has 0 aliphatic carbocycles. The molecule has 0 fully saturated rings. The summed E-state index contributed by atoms with van der Waals surface area (Å²) in [6.07, 6.45) is 1.37. The molecule has 8 heteroatoms. The van der Waals surface area contributed by atoms with Crippen LogP contribution in [0.15, 0.2) is 47.6 Å². The number of benzene rings is 2. The van der Waals surface area contributed by atoms with Crippen LogP contribution in [0.2, 0.25) is 0 Å². The maximum Gasteiger partial charge on any atom is 0.329 e. The summed E-state index contributed by atoms with van der Waals surface area (Å²) in [5, 5.41) is 6.28. The maximum absolute atomic E-state index is 12.0. The van der Waals surface area contributed by atoms with Gasteiger partial charge in [-0.25, -0.2) is 5.43 Å². The molecule has 2 amide bonds. The lowest BCUT2D eigenvalue weighted by atomic mass is 10.2. The quantitative estimate of drug-likeness (QED) is 0.442. The topological polar surface area (TPSA) is 98.2 Å². The predicted octanol–water partition coefficient (Wildman–Crippen LogP) is 2.19. The fourth-order valence-corrected chi connectivity index (χ4v) is 2.17. The number of rotatable bonds is 7. The van der Waals surface area contributed by atoms with Gasteiger partial charge in [0, 0.05) is 11.6 Å². The molecule has 2 aromatic carbocycles. The van der Waals surface area contributed by atoms with E-state index in [0.717, 1.165) is 0 Å². The van der Waals surface area contributed by atoms with Gasteiger partial charge in [0.05, 0.1) is 32.7 Å². The Bertz CT molecular complexity index is 836. The zero-order chi connectivity index (χ0) is 19.6. The Morgan fingerprint density at radius 1 is 1.04 bits per heavy atom. The molecule has 0 aliphatic rings. The van der Waals surface area contributed by atoms with Gasteiger partial charge in [0.15, 0.2) is 0 Å². The molecule has 2 rings (SSSR count). The van der Waals surface area contributed by atoms with Crippen LogP contribution in [-0.4, -0.2) is 38.9 Å². The molecule has 0 spiro atoms. The van der Waals surface area contributed by atoms with Crippen LogP contribution in [0, 0.1) is 0 Å². The molecule has 0 heterocycles. The van der Waals surface area contributed by atoms with Crippen LogP contribution in [0.3, 0.4) is 0 Å². The van der Waals surface area contributed by atoms with Gasteiger partial charge in [-0.3, -0.25) is 9.59 Å². The molecule has 0 saturated heterocycles. The van der Waals surface area contributed by atoms with Crippen molar-refractivity contribution in [3.63, 3.8) is 0 Å². The minimum atomic E-state index is -0.912. The summed E-state index contributed by atoms with van der Waals surface area (Å²) in [4.78, 5) is 24.0. The zero-order valence-corrected chi connectivity index (χ0v) is 15.3. The van der Waals surface area contributed by atoms with E-state index in [-0.39, 0.29) is 0 Å². The first-order valence-electron chi connectivity index (χ1n) is 8.17. The van der Waals surface area contributed by atoms with Crippen molar-refractivity contribution in [2.45, 2.75) is 6.92 Å². The van der Waals surface area contributed by atoms with Crippen LogP contribution in [0.4, 0.5) is 5.69 Å². The average Bonchev–Trinajstić information content (AvgIpc) is 2.69. The van der Waals surface area contributed by atoms with E-state index in [1.807, 2.05) is 6.92 Å². The van der Waals surface area contributed by atoms with Crippen molar-refractivity contribution in [1.82, 2.24) is 5.43 Å². The number of nitrogens with one attached hydrogen (secondary N) is 2. The van der Waals surface area contributed by atoms with Crippen LogP contribution in [0.5, 0.6) is 17.2 Å². The van der Waals surface area contributed by atoms with Gasteiger partial charge in [-0.2, -0.15) is 5.10 Å². The molecule has 0 unspecified atom stereocenters. The lowest BCUT2D eigenvalue weighted by molar-refractivity contribution is -0.136. The van der Waals surface area contributed by atoms with Gasteiger partial charge >= 0.3 is 11.8 Å². The summed E-state index contributed by atoms with van der Waals surface area (Å²) < 4.78 is 15.7. The molecule has 0 saturated carbocycles. The highest BCUT2D eigenvalue weighted by Crippen LogP contribution is 2.24. The Kier molecular flexibility index (Phi) is 7.18. The van der Waals surface area contributed by atoms with E-state index < -0.39 is 11.8 Å². The first kappa shape index (κ1) is 19.8. The third-order valence-electron chi connectivity index (χ3n) is 3.45. The minimum absolute atomic E-state index is 0.403. The predicted molar refractivity (Wildman–Crippen MR) is 102 cm³/mol. The second-order valence-electron chi connectivity index (χ2n) is 5.19. The summed E-state index contributed by atoms with van der Waals surface area (Å²) in [5.41, 5.74) is 3.19. The summed E-state index contributed by atoms with van der Waals surface area (Å²) in [7, 11) is 3.05. The monoisotopic (exact) mass is 371 g/mol. The van der Waals surface area contributed by atoms with E-state index in [1.165, 1.54) is 13.3 Å². The number of para-hydroxylation sites is 2. The molecule has 8 nitrogen and oxygen atoms in total. The van der Waals surface area contributed by atoms with Gasteiger partial charge < -0.3 is 19.5 Å². The highest BCUT2D eigenvalue weighted by atomic mass is 16.5. The van der Waals surface area contributed by atoms with Crippen molar-refractivity contribution in [2.75, 3.05) is 26.1 Å². The number of nitrogens with zero attached hydrogens (tertiary/aromatic N) is 1. The third-order valence-corrected chi connectivity index (χ3v) is 3.45.